The standard InChI is InChI=1S/C26H24O4/c1-19-3-7-21(8-4-19)11-17-25(27)29-23-13-15-24(16-14-23)30-26(28)18-12-22-9-5-20(2)6-10-22/h3-18,25,27H,1-2H3/b17-11+,18-12+. The van der Waals surface area contributed by atoms with E-state index in [9.17, 15) is 9.90 Å². The molecule has 1 atom stereocenters. The van der Waals surface area contributed by atoms with Gasteiger partial charge in [0.05, 0.1) is 0 Å². The Morgan fingerprint density at radius 2 is 1.27 bits per heavy atom. The summed E-state index contributed by atoms with van der Waals surface area (Å²) in [7, 11) is 0. The molecule has 0 aliphatic heterocycles. The van der Waals surface area contributed by atoms with E-state index in [0.29, 0.717) is 11.5 Å². The summed E-state index contributed by atoms with van der Waals surface area (Å²) in [6.07, 6.45) is 5.36. The number of aryl methyl sites for hydroxylation is 2. The highest BCUT2D eigenvalue weighted by Gasteiger charge is 2.04. The van der Waals surface area contributed by atoms with E-state index in [1.54, 1.807) is 42.5 Å². The van der Waals surface area contributed by atoms with Crippen LogP contribution in [0.1, 0.15) is 22.3 Å². The molecule has 1 unspecified atom stereocenters. The van der Waals surface area contributed by atoms with E-state index in [1.165, 1.54) is 11.6 Å². The predicted octanol–water partition coefficient (Wildman–Crippen LogP) is 5.33. The van der Waals surface area contributed by atoms with Gasteiger partial charge < -0.3 is 14.6 Å². The number of rotatable bonds is 7. The first-order valence-corrected chi connectivity index (χ1v) is 9.64. The third-order valence-electron chi connectivity index (χ3n) is 4.32. The Morgan fingerprint density at radius 3 is 1.83 bits per heavy atom. The maximum Gasteiger partial charge on any atom is 0.336 e. The van der Waals surface area contributed by atoms with Crippen LogP contribution >= 0.6 is 0 Å². The summed E-state index contributed by atoms with van der Waals surface area (Å²) in [5.74, 6) is 0.391. The van der Waals surface area contributed by atoms with Crippen LogP contribution in [0.3, 0.4) is 0 Å². The van der Waals surface area contributed by atoms with Crippen molar-refractivity contribution in [3.63, 3.8) is 0 Å². The Labute approximate surface area is 176 Å². The van der Waals surface area contributed by atoms with Crippen molar-refractivity contribution < 1.29 is 19.4 Å². The highest BCUT2D eigenvalue weighted by molar-refractivity contribution is 5.88. The SMILES string of the molecule is Cc1ccc(/C=C/C(=O)Oc2ccc(OC(O)/C=C/c3ccc(C)cc3)cc2)cc1. The third kappa shape index (κ3) is 6.76. The Kier molecular flexibility index (Phi) is 7.19. The van der Waals surface area contributed by atoms with Crippen molar-refractivity contribution in [2.45, 2.75) is 20.1 Å². The van der Waals surface area contributed by atoms with Crippen LogP contribution < -0.4 is 9.47 Å². The number of benzene rings is 3. The number of aliphatic hydroxyl groups excluding tert-OH is 1. The number of aliphatic hydroxyl groups is 1. The van der Waals surface area contributed by atoms with Gasteiger partial charge in [0.15, 0.2) is 0 Å². The molecule has 3 aromatic rings. The van der Waals surface area contributed by atoms with Crippen LogP contribution in [-0.2, 0) is 4.79 Å². The molecule has 0 amide bonds. The van der Waals surface area contributed by atoms with E-state index in [1.807, 2.05) is 62.4 Å². The molecule has 0 aliphatic rings. The van der Waals surface area contributed by atoms with Crippen LogP contribution in [0.4, 0.5) is 0 Å². The van der Waals surface area contributed by atoms with Crippen molar-refractivity contribution >= 4 is 18.1 Å². The number of esters is 1. The first-order chi connectivity index (χ1) is 14.5. The fourth-order valence-electron chi connectivity index (χ4n) is 2.63. The Bertz CT molecular complexity index is 1010. The summed E-state index contributed by atoms with van der Waals surface area (Å²) in [5.41, 5.74) is 4.24. The number of ether oxygens (including phenoxy) is 2. The Hall–Kier alpha value is -3.63. The van der Waals surface area contributed by atoms with E-state index >= 15 is 0 Å². The molecule has 1 N–H and O–H groups in total. The molecule has 0 bridgehead atoms. The van der Waals surface area contributed by atoms with E-state index in [0.717, 1.165) is 16.7 Å². The van der Waals surface area contributed by atoms with Crippen LogP contribution in [0.25, 0.3) is 12.2 Å². The number of hydrogen-bond acceptors (Lipinski definition) is 4. The molecule has 30 heavy (non-hydrogen) atoms. The highest BCUT2D eigenvalue weighted by Crippen LogP contribution is 2.19. The molecule has 0 aliphatic carbocycles. The van der Waals surface area contributed by atoms with Crippen LogP contribution in [0, 0.1) is 13.8 Å². The van der Waals surface area contributed by atoms with Gasteiger partial charge in [-0.05, 0) is 61.4 Å². The maximum atomic E-state index is 12.0. The van der Waals surface area contributed by atoms with Crippen molar-refractivity contribution in [3.05, 3.63) is 107 Å². The van der Waals surface area contributed by atoms with Gasteiger partial charge in [-0.1, -0.05) is 65.7 Å². The minimum Gasteiger partial charge on any atom is -0.461 e. The summed E-state index contributed by atoms with van der Waals surface area (Å²) >= 11 is 0. The molecule has 0 saturated carbocycles. The zero-order valence-electron chi connectivity index (χ0n) is 17.0. The van der Waals surface area contributed by atoms with E-state index in [4.69, 9.17) is 9.47 Å². The molecule has 0 fully saturated rings. The summed E-state index contributed by atoms with van der Waals surface area (Å²) in [4.78, 5) is 12.0. The lowest BCUT2D eigenvalue weighted by Crippen LogP contribution is -2.11. The predicted molar refractivity (Wildman–Crippen MR) is 119 cm³/mol. The molecule has 3 rings (SSSR count). The lowest BCUT2D eigenvalue weighted by atomic mass is 10.1. The third-order valence-corrected chi connectivity index (χ3v) is 4.32. The molecule has 0 radical (unpaired) electrons. The lowest BCUT2D eigenvalue weighted by Gasteiger charge is -2.10. The second-order valence-corrected chi connectivity index (χ2v) is 6.91. The fourth-order valence-corrected chi connectivity index (χ4v) is 2.63. The van der Waals surface area contributed by atoms with Gasteiger partial charge in [-0.3, -0.25) is 0 Å². The van der Waals surface area contributed by atoms with Gasteiger partial charge in [0, 0.05) is 6.08 Å². The van der Waals surface area contributed by atoms with Gasteiger partial charge in [0.1, 0.15) is 11.5 Å². The largest absolute Gasteiger partial charge is 0.461 e. The van der Waals surface area contributed by atoms with Crippen LogP contribution in [-0.4, -0.2) is 17.4 Å². The van der Waals surface area contributed by atoms with Crippen LogP contribution in [0.15, 0.2) is 84.9 Å². The Morgan fingerprint density at radius 1 is 0.767 bits per heavy atom. The minimum absolute atomic E-state index is 0.394. The van der Waals surface area contributed by atoms with Crippen molar-refractivity contribution in [1.29, 1.82) is 0 Å². The van der Waals surface area contributed by atoms with Crippen LogP contribution in [0.2, 0.25) is 0 Å². The molecule has 0 aromatic heterocycles. The molecule has 4 nitrogen and oxygen atoms in total. The summed E-state index contributed by atoms with van der Waals surface area (Å²) < 4.78 is 10.7. The zero-order valence-corrected chi connectivity index (χ0v) is 17.0. The average Bonchev–Trinajstić information content (AvgIpc) is 2.74. The summed E-state index contributed by atoms with van der Waals surface area (Å²) in [6, 6.07) is 22.3. The Balaban J connectivity index is 1.50. The molecule has 152 valence electrons. The molecule has 0 spiro atoms. The van der Waals surface area contributed by atoms with Crippen molar-refractivity contribution in [3.8, 4) is 11.5 Å². The molecule has 4 heteroatoms. The molecule has 3 aromatic carbocycles. The normalized spacial score (nSPS) is 12.2. The van der Waals surface area contributed by atoms with Gasteiger partial charge in [0.2, 0.25) is 6.29 Å². The zero-order chi connectivity index (χ0) is 21.3. The van der Waals surface area contributed by atoms with Crippen LogP contribution in [0.5, 0.6) is 11.5 Å². The van der Waals surface area contributed by atoms with Gasteiger partial charge >= 0.3 is 5.97 Å². The quantitative estimate of drug-likeness (QED) is 0.252. The molecular formula is C26H24O4. The van der Waals surface area contributed by atoms with E-state index < -0.39 is 12.3 Å². The summed E-state index contributed by atoms with van der Waals surface area (Å²) in [6.45, 7) is 4.03. The lowest BCUT2D eigenvalue weighted by molar-refractivity contribution is -0.128. The van der Waals surface area contributed by atoms with Gasteiger partial charge in [-0.15, -0.1) is 0 Å². The highest BCUT2D eigenvalue weighted by atomic mass is 16.6. The molecule has 0 saturated heterocycles. The monoisotopic (exact) mass is 400 g/mol. The maximum absolute atomic E-state index is 12.0. The number of carbonyl (C=O) groups excluding carboxylic acids is 1. The van der Waals surface area contributed by atoms with Gasteiger partial charge in [-0.2, -0.15) is 0 Å². The van der Waals surface area contributed by atoms with Crippen molar-refractivity contribution in [1.82, 2.24) is 0 Å². The van der Waals surface area contributed by atoms with Gasteiger partial charge in [-0.25, -0.2) is 4.79 Å². The van der Waals surface area contributed by atoms with E-state index in [-0.39, 0.29) is 0 Å². The first kappa shape index (κ1) is 21.1. The fraction of sp³-hybridized carbons (Fsp3) is 0.115. The summed E-state index contributed by atoms with van der Waals surface area (Å²) in [5, 5.41) is 10.0. The van der Waals surface area contributed by atoms with Crippen molar-refractivity contribution in [2.24, 2.45) is 0 Å². The molecular weight excluding hydrogens is 376 g/mol. The van der Waals surface area contributed by atoms with Crippen molar-refractivity contribution in [2.75, 3.05) is 0 Å². The van der Waals surface area contributed by atoms with E-state index in [2.05, 4.69) is 0 Å². The van der Waals surface area contributed by atoms with Gasteiger partial charge in [0.25, 0.3) is 0 Å². The molecule has 0 heterocycles. The second kappa shape index (κ2) is 10.2. The topological polar surface area (TPSA) is 55.8 Å². The second-order valence-electron chi connectivity index (χ2n) is 6.91. The number of hydrogen-bond donors (Lipinski definition) is 1. The number of carbonyl (C=O) groups is 1. The average molecular weight is 400 g/mol. The smallest absolute Gasteiger partial charge is 0.336 e. The minimum atomic E-state index is -1.09. The first-order valence-electron chi connectivity index (χ1n) is 9.64.